The molecule has 2 aliphatic rings. The highest BCUT2D eigenvalue weighted by Gasteiger charge is 2.30. The number of hydrogen-bond acceptors (Lipinski definition) is 4. The van der Waals surface area contributed by atoms with Gasteiger partial charge >= 0.3 is 0 Å². The minimum Gasteiger partial charge on any atom is -0.369 e. The van der Waals surface area contributed by atoms with E-state index < -0.39 is 0 Å². The fourth-order valence-electron chi connectivity index (χ4n) is 4.35. The van der Waals surface area contributed by atoms with Crippen LogP contribution in [0, 0.1) is 5.82 Å². The molecule has 1 aromatic carbocycles. The van der Waals surface area contributed by atoms with E-state index in [9.17, 15) is 9.18 Å². The first kappa shape index (κ1) is 19.9. The lowest BCUT2D eigenvalue weighted by Gasteiger charge is -2.43. The van der Waals surface area contributed by atoms with Crippen molar-refractivity contribution in [2.24, 2.45) is 0 Å². The highest BCUT2D eigenvalue weighted by atomic mass is 19.1. The lowest BCUT2D eigenvalue weighted by atomic mass is 10.0. The Morgan fingerprint density at radius 1 is 1.10 bits per heavy atom. The van der Waals surface area contributed by atoms with Gasteiger partial charge in [0.2, 0.25) is 0 Å². The van der Waals surface area contributed by atoms with Crippen LogP contribution in [0.15, 0.2) is 36.7 Å². The van der Waals surface area contributed by atoms with Crippen molar-refractivity contribution < 1.29 is 9.18 Å². The van der Waals surface area contributed by atoms with Gasteiger partial charge in [-0.05, 0) is 51.0 Å². The Morgan fingerprint density at radius 3 is 2.48 bits per heavy atom. The molecule has 0 aliphatic carbocycles. The summed E-state index contributed by atoms with van der Waals surface area (Å²) in [6.07, 6.45) is 5.71. The van der Waals surface area contributed by atoms with Crippen molar-refractivity contribution >= 4 is 11.6 Å². The Balaban J connectivity index is 1.34. The normalized spacial score (nSPS) is 21.0. The third-order valence-electron chi connectivity index (χ3n) is 6.08. The highest BCUT2D eigenvalue weighted by molar-refractivity contribution is 5.93. The summed E-state index contributed by atoms with van der Waals surface area (Å²) in [4.78, 5) is 19.8. The fourth-order valence-corrected chi connectivity index (χ4v) is 4.35. The van der Waals surface area contributed by atoms with E-state index in [0.29, 0.717) is 11.6 Å². The van der Waals surface area contributed by atoms with Gasteiger partial charge in [-0.25, -0.2) is 4.39 Å². The number of anilines is 1. The minimum atomic E-state index is -0.196. The highest BCUT2D eigenvalue weighted by Crippen LogP contribution is 2.22. The number of piperazine rings is 1. The molecule has 156 valence electrons. The standard InChI is InChI=1S/C22H30FN5O/c1-17(2)28-15-18(14-24-28)22(29)27-9-3-4-21(16-27)26-12-10-25(11-13-26)20-7-5-19(23)6-8-20/h5-8,14-15,17,21H,3-4,9-13,16H2,1-2H3/t21-/m1/s1. The number of likely N-dealkylation sites (tertiary alicyclic amines) is 1. The van der Waals surface area contributed by atoms with Gasteiger partial charge in [-0.1, -0.05) is 0 Å². The maximum Gasteiger partial charge on any atom is 0.257 e. The van der Waals surface area contributed by atoms with Gasteiger partial charge in [0.15, 0.2) is 0 Å². The fraction of sp³-hybridized carbons (Fsp3) is 0.545. The monoisotopic (exact) mass is 399 g/mol. The number of carbonyl (C=O) groups is 1. The van der Waals surface area contributed by atoms with Gasteiger partial charge in [0.25, 0.3) is 5.91 Å². The van der Waals surface area contributed by atoms with Crippen LogP contribution in [0.1, 0.15) is 43.1 Å². The number of nitrogens with zero attached hydrogens (tertiary/aromatic N) is 5. The van der Waals surface area contributed by atoms with Gasteiger partial charge in [-0.3, -0.25) is 14.4 Å². The Morgan fingerprint density at radius 2 is 1.83 bits per heavy atom. The molecule has 2 aromatic rings. The average Bonchev–Trinajstić information content (AvgIpc) is 3.25. The molecule has 1 aromatic heterocycles. The number of halogens is 1. The predicted molar refractivity (Wildman–Crippen MR) is 112 cm³/mol. The van der Waals surface area contributed by atoms with Crippen molar-refractivity contribution in [3.8, 4) is 0 Å². The zero-order valence-electron chi connectivity index (χ0n) is 17.3. The number of benzene rings is 1. The zero-order chi connectivity index (χ0) is 20.4. The van der Waals surface area contributed by atoms with Crippen LogP contribution < -0.4 is 4.90 Å². The summed E-state index contributed by atoms with van der Waals surface area (Å²) in [6, 6.07) is 7.40. The molecule has 1 atom stereocenters. The first-order valence-corrected chi connectivity index (χ1v) is 10.6. The molecule has 1 amide bonds. The van der Waals surface area contributed by atoms with Gasteiger partial charge in [0.1, 0.15) is 5.82 Å². The molecular formula is C22H30FN5O. The van der Waals surface area contributed by atoms with E-state index in [4.69, 9.17) is 0 Å². The summed E-state index contributed by atoms with van der Waals surface area (Å²) in [5.41, 5.74) is 1.76. The molecule has 29 heavy (non-hydrogen) atoms. The van der Waals surface area contributed by atoms with Gasteiger partial charge in [0.05, 0.1) is 11.8 Å². The lowest BCUT2D eigenvalue weighted by Crippen LogP contribution is -2.55. The number of amides is 1. The van der Waals surface area contributed by atoms with Crippen molar-refractivity contribution in [1.29, 1.82) is 0 Å². The second kappa shape index (κ2) is 8.53. The van der Waals surface area contributed by atoms with E-state index in [1.807, 2.05) is 27.9 Å². The molecule has 2 saturated heterocycles. The maximum absolute atomic E-state index is 13.2. The Labute approximate surface area is 171 Å². The van der Waals surface area contributed by atoms with Crippen molar-refractivity contribution in [2.75, 3.05) is 44.2 Å². The molecular weight excluding hydrogens is 369 g/mol. The number of carbonyl (C=O) groups excluding carboxylic acids is 1. The average molecular weight is 400 g/mol. The van der Waals surface area contributed by atoms with Gasteiger partial charge < -0.3 is 9.80 Å². The van der Waals surface area contributed by atoms with Crippen LogP contribution >= 0.6 is 0 Å². The summed E-state index contributed by atoms with van der Waals surface area (Å²) in [7, 11) is 0. The Kier molecular flexibility index (Phi) is 5.85. The van der Waals surface area contributed by atoms with E-state index in [0.717, 1.165) is 57.8 Å². The first-order valence-electron chi connectivity index (χ1n) is 10.6. The van der Waals surface area contributed by atoms with Crippen molar-refractivity contribution in [3.05, 3.63) is 48.0 Å². The lowest BCUT2D eigenvalue weighted by molar-refractivity contribution is 0.0563. The van der Waals surface area contributed by atoms with Gasteiger partial charge in [0, 0.05) is 63.2 Å². The topological polar surface area (TPSA) is 44.6 Å². The summed E-state index contributed by atoms with van der Waals surface area (Å²) in [5, 5.41) is 4.31. The smallest absolute Gasteiger partial charge is 0.257 e. The van der Waals surface area contributed by atoms with Crippen LogP contribution in [0.2, 0.25) is 0 Å². The minimum absolute atomic E-state index is 0.0894. The molecule has 3 heterocycles. The van der Waals surface area contributed by atoms with Gasteiger partial charge in [-0.2, -0.15) is 5.10 Å². The second-order valence-corrected chi connectivity index (χ2v) is 8.35. The summed E-state index contributed by atoms with van der Waals surface area (Å²) >= 11 is 0. The molecule has 2 fully saturated rings. The van der Waals surface area contributed by atoms with E-state index in [1.54, 1.807) is 6.20 Å². The quantitative estimate of drug-likeness (QED) is 0.793. The van der Waals surface area contributed by atoms with E-state index in [2.05, 4.69) is 28.7 Å². The number of rotatable bonds is 4. The molecule has 0 unspecified atom stereocenters. The molecule has 6 nitrogen and oxygen atoms in total. The molecule has 2 aliphatic heterocycles. The molecule has 0 radical (unpaired) electrons. The maximum atomic E-state index is 13.2. The second-order valence-electron chi connectivity index (χ2n) is 8.35. The van der Waals surface area contributed by atoms with E-state index in [1.165, 1.54) is 12.1 Å². The van der Waals surface area contributed by atoms with Crippen LogP contribution in [-0.2, 0) is 0 Å². The van der Waals surface area contributed by atoms with Crippen LogP contribution in [0.4, 0.5) is 10.1 Å². The van der Waals surface area contributed by atoms with Crippen molar-refractivity contribution in [1.82, 2.24) is 19.6 Å². The zero-order valence-corrected chi connectivity index (χ0v) is 17.3. The molecule has 0 N–H and O–H groups in total. The Bertz CT molecular complexity index is 826. The van der Waals surface area contributed by atoms with Crippen molar-refractivity contribution in [3.63, 3.8) is 0 Å². The van der Waals surface area contributed by atoms with Crippen LogP contribution in [0.3, 0.4) is 0 Å². The van der Waals surface area contributed by atoms with Crippen molar-refractivity contribution in [2.45, 2.75) is 38.8 Å². The first-order chi connectivity index (χ1) is 14.0. The Hall–Kier alpha value is -2.41. The van der Waals surface area contributed by atoms with Crippen LogP contribution in [0.25, 0.3) is 0 Å². The third kappa shape index (κ3) is 4.45. The summed E-state index contributed by atoms with van der Waals surface area (Å²) in [6.45, 7) is 9.51. The van der Waals surface area contributed by atoms with E-state index in [-0.39, 0.29) is 17.8 Å². The SMILES string of the molecule is CC(C)n1cc(C(=O)N2CCC[C@@H](N3CCN(c4ccc(F)cc4)CC3)C2)cn1. The van der Waals surface area contributed by atoms with Gasteiger partial charge in [-0.15, -0.1) is 0 Å². The summed E-state index contributed by atoms with van der Waals surface area (Å²) < 4.78 is 15.0. The molecule has 7 heteroatoms. The molecule has 0 spiro atoms. The predicted octanol–water partition coefficient (Wildman–Crippen LogP) is 3.03. The number of aromatic nitrogens is 2. The number of piperidine rings is 1. The molecule has 0 saturated carbocycles. The largest absolute Gasteiger partial charge is 0.369 e. The summed E-state index contributed by atoms with van der Waals surface area (Å²) in [5.74, 6) is -0.107. The third-order valence-corrected chi connectivity index (χ3v) is 6.08. The molecule has 4 rings (SSSR count). The molecule has 0 bridgehead atoms. The van der Waals surface area contributed by atoms with Crippen LogP contribution in [-0.4, -0.2) is 70.8 Å². The van der Waals surface area contributed by atoms with E-state index >= 15 is 0 Å². The van der Waals surface area contributed by atoms with Crippen LogP contribution in [0.5, 0.6) is 0 Å². The number of hydrogen-bond donors (Lipinski definition) is 0.